The van der Waals surface area contributed by atoms with Gasteiger partial charge in [-0.15, -0.1) is 11.8 Å². The van der Waals surface area contributed by atoms with Crippen molar-refractivity contribution >= 4 is 39.3 Å². The summed E-state index contributed by atoms with van der Waals surface area (Å²) >= 11 is 11.5. The molecule has 1 unspecified atom stereocenters. The lowest BCUT2D eigenvalue weighted by Gasteiger charge is -2.14. The predicted molar refractivity (Wildman–Crippen MR) is 85.0 cm³/mol. The number of benzene rings is 2. The minimum Gasteiger partial charge on any atom is -0.129 e. The number of hydrogen-bond acceptors (Lipinski definition) is 1. The molecule has 0 aliphatic rings. The summed E-state index contributed by atoms with van der Waals surface area (Å²) < 4.78 is 0. The number of hydrogen-bond donors (Lipinski definition) is 0. The van der Waals surface area contributed by atoms with Crippen LogP contribution in [0.1, 0.15) is 16.0 Å². The van der Waals surface area contributed by atoms with E-state index in [4.69, 9.17) is 11.6 Å². The molecule has 2 aromatic rings. The average molecular weight is 342 g/mol. The maximum atomic E-state index is 5.90. The van der Waals surface area contributed by atoms with Gasteiger partial charge in [0.2, 0.25) is 0 Å². The summed E-state index contributed by atoms with van der Waals surface area (Å²) in [4.78, 5) is 1.66. The van der Waals surface area contributed by atoms with Gasteiger partial charge in [-0.2, -0.15) is 0 Å². The van der Waals surface area contributed by atoms with Crippen LogP contribution < -0.4 is 0 Å². The predicted octanol–water partition coefficient (Wildman–Crippen LogP) is 5.74. The first-order valence-corrected chi connectivity index (χ1v) is 8.24. The minimum absolute atomic E-state index is 0.335. The third-order valence-corrected chi connectivity index (χ3v) is 4.69. The van der Waals surface area contributed by atoms with Gasteiger partial charge in [0.05, 0.1) is 0 Å². The summed E-state index contributed by atoms with van der Waals surface area (Å²) in [6, 6.07) is 16.6. The van der Waals surface area contributed by atoms with E-state index < -0.39 is 0 Å². The molecule has 0 saturated carbocycles. The lowest BCUT2D eigenvalue weighted by molar-refractivity contribution is 0.925. The van der Waals surface area contributed by atoms with Crippen LogP contribution in [0.2, 0.25) is 5.02 Å². The first-order valence-electron chi connectivity index (χ1n) is 5.72. The van der Waals surface area contributed by atoms with E-state index in [-0.39, 0.29) is 0 Å². The molecular formula is C15H14BrClS. The molecule has 3 heteroatoms. The van der Waals surface area contributed by atoms with Crippen molar-refractivity contribution in [3.05, 3.63) is 64.7 Å². The molecule has 0 N–H and O–H groups in total. The van der Waals surface area contributed by atoms with Gasteiger partial charge in [0.1, 0.15) is 0 Å². The lowest BCUT2D eigenvalue weighted by atomic mass is 10.0. The zero-order valence-corrected chi connectivity index (χ0v) is 13.2. The van der Waals surface area contributed by atoms with Crippen LogP contribution in [-0.4, -0.2) is 6.26 Å². The smallest absolute Gasteiger partial charge is 0.0446 e. The highest BCUT2D eigenvalue weighted by Crippen LogP contribution is 2.33. The topological polar surface area (TPSA) is 0 Å². The fourth-order valence-corrected chi connectivity index (χ4v) is 3.57. The Balaban J connectivity index is 2.16. The highest BCUT2D eigenvalue weighted by molar-refractivity contribution is 9.09. The van der Waals surface area contributed by atoms with Crippen LogP contribution in [0.4, 0.5) is 0 Å². The van der Waals surface area contributed by atoms with Crippen LogP contribution in [0.15, 0.2) is 53.4 Å². The van der Waals surface area contributed by atoms with Gasteiger partial charge in [-0.1, -0.05) is 57.9 Å². The molecule has 0 radical (unpaired) electrons. The highest BCUT2D eigenvalue weighted by atomic mass is 79.9. The van der Waals surface area contributed by atoms with E-state index in [1.165, 1.54) is 16.0 Å². The normalized spacial score (nSPS) is 12.4. The van der Waals surface area contributed by atoms with Crippen molar-refractivity contribution in [2.24, 2.45) is 0 Å². The van der Waals surface area contributed by atoms with Gasteiger partial charge in [-0.3, -0.25) is 0 Å². The van der Waals surface area contributed by atoms with Crippen molar-refractivity contribution < 1.29 is 0 Å². The van der Waals surface area contributed by atoms with Crippen LogP contribution in [0.5, 0.6) is 0 Å². The maximum Gasteiger partial charge on any atom is 0.0446 e. The monoisotopic (exact) mass is 340 g/mol. The molecule has 94 valence electrons. The molecule has 0 heterocycles. The Morgan fingerprint density at radius 2 is 1.78 bits per heavy atom. The van der Waals surface area contributed by atoms with Crippen LogP contribution >= 0.6 is 39.3 Å². The molecule has 0 nitrogen and oxygen atoms in total. The van der Waals surface area contributed by atoms with Crippen LogP contribution in [-0.2, 0) is 6.42 Å². The van der Waals surface area contributed by atoms with E-state index in [0.29, 0.717) is 4.83 Å². The Kier molecular flexibility index (Phi) is 5.16. The third-order valence-electron chi connectivity index (χ3n) is 2.80. The molecule has 0 fully saturated rings. The van der Waals surface area contributed by atoms with E-state index in [2.05, 4.69) is 58.6 Å². The van der Waals surface area contributed by atoms with Crippen molar-refractivity contribution in [3.63, 3.8) is 0 Å². The second-order valence-electron chi connectivity index (χ2n) is 4.04. The van der Waals surface area contributed by atoms with E-state index in [0.717, 1.165) is 11.4 Å². The summed E-state index contributed by atoms with van der Waals surface area (Å²) in [5, 5.41) is 0.786. The van der Waals surface area contributed by atoms with Gasteiger partial charge in [0, 0.05) is 14.7 Å². The fourth-order valence-electron chi connectivity index (χ4n) is 1.86. The first kappa shape index (κ1) is 14.0. The average Bonchev–Trinajstić information content (AvgIpc) is 2.41. The summed E-state index contributed by atoms with van der Waals surface area (Å²) in [6.45, 7) is 0. The van der Waals surface area contributed by atoms with Crippen LogP contribution in [0.25, 0.3) is 0 Å². The summed E-state index contributed by atoms with van der Waals surface area (Å²) in [5.74, 6) is 0. The zero-order valence-electron chi connectivity index (χ0n) is 10.1. The van der Waals surface area contributed by atoms with Crippen molar-refractivity contribution in [2.75, 3.05) is 6.26 Å². The molecule has 0 bridgehead atoms. The zero-order chi connectivity index (χ0) is 13.0. The number of rotatable bonds is 4. The summed E-state index contributed by atoms with van der Waals surface area (Å²) in [7, 11) is 0. The van der Waals surface area contributed by atoms with Gasteiger partial charge < -0.3 is 0 Å². The summed E-state index contributed by atoms with van der Waals surface area (Å²) in [5.41, 5.74) is 2.64. The van der Waals surface area contributed by atoms with E-state index in [1.807, 2.05) is 12.1 Å². The fraction of sp³-hybridized carbons (Fsp3) is 0.200. The standard InChI is InChI=1S/C15H14BrClS/c1-18-15-5-3-2-4-13(15)14(16)10-11-6-8-12(17)9-7-11/h2-9,14H,10H2,1H3. The number of halogens is 2. The van der Waals surface area contributed by atoms with Crippen molar-refractivity contribution in [1.82, 2.24) is 0 Å². The Hall–Kier alpha value is -0.440. The van der Waals surface area contributed by atoms with Crippen molar-refractivity contribution in [3.8, 4) is 0 Å². The molecule has 18 heavy (non-hydrogen) atoms. The molecule has 0 aromatic heterocycles. The van der Waals surface area contributed by atoms with Gasteiger partial charge in [0.25, 0.3) is 0 Å². The molecular weight excluding hydrogens is 328 g/mol. The molecule has 0 amide bonds. The Labute approximate surface area is 126 Å². The van der Waals surface area contributed by atoms with Gasteiger partial charge in [-0.25, -0.2) is 0 Å². The number of alkyl halides is 1. The SMILES string of the molecule is CSc1ccccc1C(Br)Cc1ccc(Cl)cc1. The minimum atomic E-state index is 0.335. The Morgan fingerprint density at radius 1 is 1.11 bits per heavy atom. The van der Waals surface area contributed by atoms with Crippen LogP contribution in [0.3, 0.4) is 0 Å². The molecule has 0 aliphatic carbocycles. The second-order valence-corrected chi connectivity index (χ2v) is 6.43. The van der Waals surface area contributed by atoms with Gasteiger partial charge >= 0.3 is 0 Å². The largest absolute Gasteiger partial charge is 0.129 e. The lowest BCUT2D eigenvalue weighted by Crippen LogP contribution is -1.97. The molecule has 0 saturated heterocycles. The maximum absolute atomic E-state index is 5.90. The Morgan fingerprint density at radius 3 is 2.44 bits per heavy atom. The van der Waals surface area contributed by atoms with E-state index in [9.17, 15) is 0 Å². The molecule has 1 atom stereocenters. The highest BCUT2D eigenvalue weighted by Gasteiger charge is 2.12. The molecule has 2 rings (SSSR count). The summed E-state index contributed by atoms with van der Waals surface area (Å²) in [6.07, 6.45) is 3.08. The van der Waals surface area contributed by atoms with Crippen molar-refractivity contribution in [1.29, 1.82) is 0 Å². The van der Waals surface area contributed by atoms with E-state index >= 15 is 0 Å². The molecule has 0 aliphatic heterocycles. The van der Waals surface area contributed by atoms with Crippen LogP contribution in [0, 0.1) is 0 Å². The van der Waals surface area contributed by atoms with Crippen molar-refractivity contribution in [2.45, 2.75) is 16.1 Å². The second kappa shape index (κ2) is 6.65. The van der Waals surface area contributed by atoms with Gasteiger partial charge in [-0.05, 0) is 42.0 Å². The Bertz CT molecular complexity index is 510. The number of thioether (sulfide) groups is 1. The molecule has 2 aromatic carbocycles. The third kappa shape index (κ3) is 3.53. The van der Waals surface area contributed by atoms with Gasteiger partial charge in [0.15, 0.2) is 0 Å². The first-order chi connectivity index (χ1) is 8.70. The quantitative estimate of drug-likeness (QED) is 0.504. The molecule has 0 spiro atoms. The van der Waals surface area contributed by atoms with E-state index in [1.54, 1.807) is 11.8 Å².